The van der Waals surface area contributed by atoms with Gasteiger partial charge in [-0.05, 0) is 48.9 Å². The fourth-order valence-electron chi connectivity index (χ4n) is 3.15. The molecule has 1 saturated heterocycles. The van der Waals surface area contributed by atoms with Crippen molar-refractivity contribution in [3.8, 4) is 5.75 Å². The number of halogens is 3. The smallest absolute Gasteiger partial charge is 0.335 e. The van der Waals surface area contributed by atoms with E-state index < -0.39 is 17.8 Å². The number of ether oxygens (including phenoxy) is 1. The molecule has 6 nitrogen and oxygen atoms in total. The summed E-state index contributed by atoms with van der Waals surface area (Å²) in [7, 11) is 0. The Morgan fingerprint density at radius 2 is 1.81 bits per heavy atom. The maximum absolute atomic E-state index is 13.1. The second-order valence-electron chi connectivity index (χ2n) is 7.15. The number of anilines is 1. The molecule has 0 saturated carbocycles. The van der Waals surface area contributed by atoms with Crippen molar-refractivity contribution in [1.82, 2.24) is 5.32 Å². The van der Waals surface area contributed by atoms with Gasteiger partial charge in [-0.1, -0.05) is 65.3 Å². The third-order valence-electron chi connectivity index (χ3n) is 4.79. The molecule has 168 valence electrons. The van der Waals surface area contributed by atoms with Crippen LogP contribution in [0.4, 0.5) is 10.5 Å². The van der Waals surface area contributed by atoms with Crippen molar-refractivity contribution in [2.45, 2.75) is 32.6 Å². The van der Waals surface area contributed by atoms with Gasteiger partial charge in [0.25, 0.3) is 11.8 Å². The van der Waals surface area contributed by atoms with Gasteiger partial charge in [0.05, 0.1) is 22.3 Å². The summed E-state index contributed by atoms with van der Waals surface area (Å²) in [5.41, 5.74) is 0.531. The minimum atomic E-state index is -0.864. The van der Waals surface area contributed by atoms with Gasteiger partial charge in [0, 0.05) is 10.0 Å². The first-order chi connectivity index (χ1) is 15.3. The number of nitrogens with zero attached hydrogens (tertiary/aromatic N) is 1. The third-order valence-corrected chi connectivity index (χ3v) is 6.02. The molecule has 0 spiro atoms. The van der Waals surface area contributed by atoms with Crippen LogP contribution in [0.3, 0.4) is 0 Å². The lowest BCUT2D eigenvalue weighted by Gasteiger charge is -2.26. The average Bonchev–Trinajstić information content (AvgIpc) is 2.74. The second kappa shape index (κ2) is 11.0. The lowest BCUT2D eigenvalue weighted by molar-refractivity contribution is -0.122. The number of carbonyl (C=O) groups excluding carboxylic acids is 3. The zero-order valence-corrected chi connectivity index (χ0v) is 20.4. The van der Waals surface area contributed by atoms with E-state index >= 15 is 0 Å². The fourth-order valence-corrected chi connectivity index (χ4v) is 3.82. The summed E-state index contributed by atoms with van der Waals surface area (Å²) >= 11 is 15.4. The van der Waals surface area contributed by atoms with E-state index in [1.54, 1.807) is 12.1 Å². The number of hydrogen-bond donors (Lipinski definition) is 1. The zero-order valence-electron chi connectivity index (χ0n) is 17.3. The first kappa shape index (κ1) is 24.3. The number of nitrogens with one attached hydrogen (secondary N) is 1. The van der Waals surface area contributed by atoms with E-state index in [1.165, 1.54) is 24.3 Å². The van der Waals surface area contributed by atoms with E-state index in [1.807, 2.05) is 6.07 Å². The highest BCUT2D eigenvalue weighted by atomic mass is 79.9. The van der Waals surface area contributed by atoms with Crippen LogP contribution in [0.15, 0.2) is 46.4 Å². The molecular formula is C23H21BrCl2N2O4. The zero-order chi connectivity index (χ0) is 23.3. The Kier molecular flexibility index (Phi) is 8.34. The summed E-state index contributed by atoms with van der Waals surface area (Å²) in [6.07, 6.45) is 5.64. The highest BCUT2D eigenvalue weighted by Crippen LogP contribution is 2.31. The summed E-state index contributed by atoms with van der Waals surface area (Å²) in [5.74, 6) is -1.02. The van der Waals surface area contributed by atoms with Crippen LogP contribution < -0.4 is 15.0 Å². The van der Waals surface area contributed by atoms with Gasteiger partial charge in [-0.25, -0.2) is 9.69 Å². The van der Waals surface area contributed by atoms with Gasteiger partial charge in [0.15, 0.2) is 0 Å². The molecule has 1 N–H and O–H groups in total. The molecule has 0 radical (unpaired) electrons. The Morgan fingerprint density at radius 1 is 1.03 bits per heavy atom. The minimum absolute atomic E-state index is 0.179. The number of imide groups is 2. The van der Waals surface area contributed by atoms with Crippen molar-refractivity contribution in [1.29, 1.82) is 0 Å². The van der Waals surface area contributed by atoms with E-state index in [0.29, 0.717) is 17.9 Å². The van der Waals surface area contributed by atoms with E-state index in [9.17, 15) is 14.4 Å². The largest absolute Gasteiger partial charge is 0.493 e. The number of unbranched alkanes of at least 4 members (excludes halogenated alkanes) is 3. The van der Waals surface area contributed by atoms with Crippen molar-refractivity contribution >= 4 is 68.7 Å². The molecule has 1 aliphatic rings. The standard InChI is InChI=1S/C23H21BrCl2N2O4/c1-2-3-4-5-10-32-20-9-6-15(24)11-14(20)12-17-21(29)27-23(31)28(22(17)30)16-7-8-18(25)19(26)13-16/h6-9,11-13H,2-5,10H2,1H3,(H,27,29,31)/b17-12-. The van der Waals surface area contributed by atoms with Crippen LogP contribution in [0.1, 0.15) is 38.2 Å². The maximum Gasteiger partial charge on any atom is 0.335 e. The lowest BCUT2D eigenvalue weighted by Crippen LogP contribution is -2.54. The van der Waals surface area contributed by atoms with E-state index in [0.717, 1.165) is 35.1 Å². The number of amides is 4. The molecule has 0 aromatic heterocycles. The van der Waals surface area contributed by atoms with Gasteiger partial charge in [-0.2, -0.15) is 0 Å². The molecule has 0 bridgehead atoms. The molecule has 1 aliphatic heterocycles. The Hall–Kier alpha value is -2.35. The summed E-state index contributed by atoms with van der Waals surface area (Å²) < 4.78 is 6.64. The maximum atomic E-state index is 13.1. The van der Waals surface area contributed by atoms with Gasteiger partial charge in [-0.15, -0.1) is 0 Å². The quantitative estimate of drug-likeness (QED) is 0.240. The number of benzene rings is 2. The van der Waals surface area contributed by atoms with Crippen molar-refractivity contribution in [2.75, 3.05) is 11.5 Å². The minimum Gasteiger partial charge on any atom is -0.493 e. The molecular weight excluding hydrogens is 519 g/mol. The number of hydrogen-bond acceptors (Lipinski definition) is 4. The number of carbonyl (C=O) groups is 3. The highest BCUT2D eigenvalue weighted by molar-refractivity contribution is 9.10. The SMILES string of the molecule is CCCCCCOc1ccc(Br)cc1/C=C1/C(=O)NC(=O)N(c2ccc(Cl)c(Cl)c2)C1=O. The Labute approximate surface area is 204 Å². The topological polar surface area (TPSA) is 75.7 Å². The Balaban J connectivity index is 1.92. The van der Waals surface area contributed by atoms with E-state index in [-0.39, 0.29) is 21.3 Å². The summed E-state index contributed by atoms with van der Waals surface area (Å²) in [5, 5.41) is 2.65. The molecule has 0 aliphatic carbocycles. The molecule has 1 heterocycles. The van der Waals surface area contributed by atoms with Gasteiger partial charge in [0.1, 0.15) is 11.3 Å². The highest BCUT2D eigenvalue weighted by Gasteiger charge is 2.37. The monoisotopic (exact) mass is 538 g/mol. The molecule has 0 unspecified atom stereocenters. The number of barbiturate groups is 1. The second-order valence-corrected chi connectivity index (χ2v) is 8.88. The van der Waals surface area contributed by atoms with Crippen molar-refractivity contribution < 1.29 is 19.1 Å². The van der Waals surface area contributed by atoms with Crippen LogP contribution in [0.2, 0.25) is 10.0 Å². The van der Waals surface area contributed by atoms with Gasteiger partial charge in [0.2, 0.25) is 0 Å². The first-order valence-corrected chi connectivity index (χ1v) is 11.7. The molecule has 0 atom stereocenters. The molecule has 9 heteroatoms. The molecule has 32 heavy (non-hydrogen) atoms. The van der Waals surface area contributed by atoms with Crippen LogP contribution >= 0.6 is 39.1 Å². The predicted molar refractivity (Wildman–Crippen MR) is 129 cm³/mol. The third kappa shape index (κ3) is 5.71. The first-order valence-electron chi connectivity index (χ1n) is 10.1. The normalized spacial score (nSPS) is 15.3. The molecule has 1 fully saturated rings. The fraction of sp³-hybridized carbons (Fsp3) is 0.261. The lowest BCUT2D eigenvalue weighted by atomic mass is 10.1. The Bertz CT molecular complexity index is 1090. The van der Waals surface area contributed by atoms with Crippen molar-refractivity contribution in [3.63, 3.8) is 0 Å². The summed E-state index contributed by atoms with van der Waals surface area (Å²) in [6.45, 7) is 2.66. The van der Waals surface area contributed by atoms with Crippen molar-refractivity contribution in [2.24, 2.45) is 0 Å². The van der Waals surface area contributed by atoms with Crippen LogP contribution in [-0.2, 0) is 9.59 Å². The van der Waals surface area contributed by atoms with Gasteiger partial charge in [-0.3, -0.25) is 14.9 Å². The number of urea groups is 1. The summed E-state index contributed by atoms with van der Waals surface area (Å²) in [6, 6.07) is 8.80. The van der Waals surface area contributed by atoms with Gasteiger partial charge >= 0.3 is 6.03 Å². The Morgan fingerprint density at radius 3 is 2.53 bits per heavy atom. The van der Waals surface area contributed by atoms with Crippen LogP contribution in [-0.4, -0.2) is 24.5 Å². The molecule has 2 aromatic carbocycles. The number of rotatable bonds is 8. The van der Waals surface area contributed by atoms with Crippen LogP contribution in [0.25, 0.3) is 6.08 Å². The van der Waals surface area contributed by atoms with Gasteiger partial charge < -0.3 is 4.74 Å². The molecule has 4 amide bonds. The average molecular weight is 540 g/mol. The van der Waals surface area contributed by atoms with Crippen molar-refractivity contribution in [3.05, 3.63) is 62.1 Å². The molecule has 2 aromatic rings. The van der Waals surface area contributed by atoms with Crippen LogP contribution in [0, 0.1) is 0 Å². The van der Waals surface area contributed by atoms with E-state index in [4.69, 9.17) is 27.9 Å². The predicted octanol–water partition coefficient (Wildman–Crippen LogP) is 6.38. The van der Waals surface area contributed by atoms with E-state index in [2.05, 4.69) is 28.2 Å². The van der Waals surface area contributed by atoms with Crippen LogP contribution in [0.5, 0.6) is 5.75 Å². The summed E-state index contributed by atoms with van der Waals surface area (Å²) in [4.78, 5) is 38.9. The molecule has 3 rings (SSSR count).